The molecule has 12 rings (SSSR count). The van der Waals surface area contributed by atoms with Crippen LogP contribution in [0, 0.1) is 0 Å². The molecule has 33 heteroatoms. The van der Waals surface area contributed by atoms with Crippen LogP contribution in [0.2, 0.25) is 20.1 Å². The Morgan fingerprint density at radius 3 is 0.986 bits per heavy atom. The van der Waals surface area contributed by atoms with Crippen LogP contribution in [0.4, 0.5) is 0 Å². The molecule has 0 saturated carbocycles. The second-order valence-corrected chi connectivity index (χ2v) is 37.4. The number of allylic oxidation sites excluding steroid dienone is 20. The summed E-state index contributed by atoms with van der Waals surface area (Å²) in [6.45, 7) is 9.03. The summed E-state index contributed by atoms with van der Waals surface area (Å²) in [6, 6.07) is 34.0. The van der Waals surface area contributed by atoms with Gasteiger partial charge >= 0.3 is 75.8 Å². The fourth-order valence-corrected chi connectivity index (χ4v) is 19.5. The van der Waals surface area contributed by atoms with E-state index in [1.807, 2.05) is 70.9 Å². The summed E-state index contributed by atoms with van der Waals surface area (Å²) in [4.78, 5) is 96.8. The Morgan fingerprint density at radius 2 is 0.698 bits per heavy atom. The summed E-state index contributed by atoms with van der Waals surface area (Å²) >= 11 is 32.1. The molecule has 4 atom stereocenters. The smallest absolute Gasteiger partial charge is 0.662 e. The summed E-state index contributed by atoms with van der Waals surface area (Å²) in [7, 11) is -3.41. The third-order valence-corrected chi connectivity index (χ3v) is 27.3. The number of nitrogens with zero attached hydrogens (tertiary/aromatic N) is 4. The number of carboxylic acid groups (broad SMARTS) is 2. The molecule has 0 unspecified atom stereocenters. The first kappa shape index (κ1) is 124. The minimum atomic E-state index is -4.83. The standard InChI is InChI=1S/C36H44ClNO4S.C20H30O2.C16H16ClNO2S.C15H14ClNO6S2.C15H14ClNO2S.CH2O3.3CH4.Na/c1-2-3-4-5-6-7-8-9-10-11-12-13-14-15-16-17-18-23-34(39)41-29-42-36(40)35(31-21-19-20-22-32(31)37)38-26-24-33-30(28-38)25-27-43-33;1-2-3-4-5-6-7-8-9-10-11-12-13-14-15-16-17-18-19-20(21)22;1-20-16(19)15(12-4-2-3-5-13(12)17)18-8-6-14-11(10-18)7-9-21-14;16-12-4-2-1-3-11(12)14(15(18)22-25(20,21)23-19)17-7-5-13-10(9-17)6-8-24-13;16-12-4-2-1-3-11(12)14(15(18)19)17-7-5-13-10(9-17)6-8-20-13;2-1-4-3;;;;/h3-4,6-7,9-10,12-13,15-16,19-22,25,27,35H,2,5,8,11,14,17-18,23-24,26,28-29H2,1H3;3-4,6-7,9-10,12-13,15-16H,2,5,8,11,14,17-19H2,1H3,(H,21,22);2-5,7,9,15H,6,8,10H2,1H3;1-4,6,8,14,19H,5,7,9H2;1-4,6,8,14H,5,7,9H2,(H,18,19);1,3H;3*1H4;/q;;;;;;;;;+1/p-1/b2*4-3-,7-6-,10-9-,13-12-,16-15-;;;;;;;;/t35-;;15-;2*14-;;;;;/m0.000...../s1. The van der Waals surface area contributed by atoms with Crippen molar-refractivity contribution < 1.29 is 120 Å². The Kier molecular flexibility index (Phi) is 64.8. The number of carbonyl (C=O) groups is 7. The SMILES string of the molecule is C.C.C.CC/C=C\C/C=C\C/C=C\C/C=C\C/C=C\CCCC(=O)O.CC/C=C\C/C=C\C/C=C\C/C=C\C/C=C\CCCC(=O)OCOC(=O)[C@H](c1ccccc1Cl)N1CCc2sccc2C1.COC(=O)[C@H](c1ccccc1Cl)N1CCc2sccc2C1.O=C(O)[C@H](c1ccccc1Cl)N1CCc2sccc2C1.O=C(OS(=O)(=O)OO)[C@H](c1ccccc1Cl)N1CCc2sccc2C1.O=CO[O-].[Na+]. The fourth-order valence-electron chi connectivity index (χ4n) is 14.7. The van der Waals surface area contributed by atoms with Crippen molar-refractivity contribution in [2.24, 2.45) is 0 Å². The normalized spacial score (nSPS) is 14.5. The van der Waals surface area contributed by atoms with Crippen molar-refractivity contribution in [3.05, 3.63) is 348 Å². The van der Waals surface area contributed by atoms with Crippen LogP contribution in [0.5, 0.6) is 0 Å². The molecule has 4 aromatic carbocycles. The number of thiophene rings is 4. The first-order valence-electron chi connectivity index (χ1n) is 44.6. The number of aliphatic carboxylic acids is 2. The van der Waals surface area contributed by atoms with Crippen LogP contribution in [-0.4, -0.2) is 126 Å². The van der Waals surface area contributed by atoms with Gasteiger partial charge in [0.1, 0.15) is 24.2 Å². The number of carboxylic acids is 2. The van der Waals surface area contributed by atoms with Crippen molar-refractivity contribution in [3.63, 3.8) is 0 Å². The minimum Gasteiger partial charge on any atom is -0.662 e. The Hall–Kier alpha value is -8.80. The summed E-state index contributed by atoms with van der Waals surface area (Å²) in [5.74, 6) is -3.78. The van der Waals surface area contributed by atoms with Crippen molar-refractivity contribution in [2.75, 3.05) is 40.1 Å². The molecule has 0 saturated heterocycles. The molecular formula is C106H131Cl4N4NaO19S5. The van der Waals surface area contributed by atoms with Gasteiger partial charge < -0.3 is 38.8 Å². The van der Waals surface area contributed by atoms with Gasteiger partial charge in [-0.15, -0.1) is 45.3 Å². The van der Waals surface area contributed by atoms with Crippen molar-refractivity contribution in [1.82, 2.24) is 19.6 Å². The first-order valence-corrected chi connectivity index (χ1v) is 51.0. The summed E-state index contributed by atoms with van der Waals surface area (Å²) in [6.07, 6.45) is 60.1. The second-order valence-electron chi connectivity index (χ2n) is 30.7. The number of unbranched alkanes of at least 4 members (excludes halogenated alkanes) is 2. The van der Waals surface area contributed by atoms with Crippen LogP contribution >= 0.6 is 91.8 Å². The Labute approximate surface area is 879 Å². The third-order valence-electron chi connectivity index (χ3n) is 21.3. The van der Waals surface area contributed by atoms with Gasteiger partial charge in [-0.1, -0.05) is 281 Å². The van der Waals surface area contributed by atoms with Gasteiger partial charge in [-0.3, -0.25) is 38.8 Å². The van der Waals surface area contributed by atoms with Crippen LogP contribution in [0.25, 0.3) is 0 Å². The summed E-state index contributed by atoms with van der Waals surface area (Å²) in [5.41, 5.74) is 7.41. The van der Waals surface area contributed by atoms with Gasteiger partial charge in [0.25, 0.3) is 6.47 Å². The molecular weight excluding hydrogens is 1960 g/mol. The molecule has 8 heterocycles. The molecule has 8 aromatic rings. The van der Waals surface area contributed by atoms with Crippen molar-refractivity contribution in [3.8, 4) is 0 Å². The van der Waals surface area contributed by atoms with Crippen molar-refractivity contribution in [1.29, 1.82) is 0 Å². The van der Waals surface area contributed by atoms with Gasteiger partial charge in [-0.25, -0.2) is 19.6 Å². The number of benzene rings is 4. The fraction of sp³-hybridized carbons (Fsp3) is 0.368. The van der Waals surface area contributed by atoms with Gasteiger partial charge in [0.05, 0.1) is 7.11 Å². The Balaban J connectivity index is 0.000000454. The van der Waals surface area contributed by atoms with E-state index in [2.05, 4.69) is 193 Å². The van der Waals surface area contributed by atoms with Crippen molar-refractivity contribution in [2.45, 2.75) is 215 Å². The Bertz CT molecular complexity index is 5410. The van der Waals surface area contributed by atoms with E-state index >= 15 is 0 Å². The molecule has 0 radical (unpaired) electrons. The minimum absolute atomic E-state index is 0. The number of hydrogen-bond donors (Lipinski definition) is 3. The topological polar surface area (TPSA) is 306 Å². The number of esters is 3. The quantitative estimate of drug-likeness (QED) is 0.00467. The van der Waals surface area contributed by atoms with Crippen LogP contribution in [0.1, 0.15) is 227 Å². The number of carbonyl (C=O) groups excluding carboxylic acids is 5. The number of fused-ring (bicyclic) bond motifs is 4. The molecule has 4 aromatic heterocycles. The number of hydrogen-bond acceptors (Lipinski definition) is 25. The zero-order valence-corrected chi connectivity index (χ0v) is 86.1. The molecule has 0 fully saturated rings. The average molecular weight is 2090 g/mol. The average Bonchev–Trinajstić information content (AvgIpc) is 1.80. The van der Waals surface area contributed by atoms with E-state index in [1.54, 1.807) is 92.7 Å². The van der Waals surface area contributed by atoms with Crippen molar-refractivity contribution >= 4 is 144 Å². The zero-order chi connectivity index (χ0) is 97.2. The molecule has 23 nitrogen and oxygen atoms in total. The molecule has 0 amide bonds. The van der Waals surface area contributed by atoms with E-state index < -0.39 is 65.2 Å². The van der Waals surface area contributed by atoms with Crippen LogP contribution in [0.3, 0.4) is 0 Å². The van der Waals surface area contributed by atoms with E-state index in [1.165, 1.54) is 43.3 Å². The van der Waals surface area contributed by atoms with E-state index in [4.69, 9.17) is 81.0 Å². The first-order chi connectivity index (χ1) is 65.6. The van der Waals surface area contributed by atoms with Gasteiger partial charge in [0.2, 0.25) is 6.79 Å². The largest absolute Gasteiger partial charge is 1.00 e. The molecule has 4 aliphatic heterocycles. The number of methoxy groups -OCH3 is 1. The van der Waals surface area contributed by atoms with Crippen LogP contribution < -0.4 is 34.8 Å². The third kappa shape index (κ3) is 45.6. The van der Waals surface area contributed by atoms with Gasteiger partial charge in [0.15, 0.2) is 0 Å². The maximum Gasteiger partial charge on any atom is 1.00 e. The van der Waals surface area contributed by atoms with Crippen LogP contribution in [0.15, 0.2) is 264 Å². The number of halogens is 4. The summed E-state index contributed by atoms with van der Waals surface area (Å²) < 4.78 is 45.8. The molecule has 748 valence electrons. The molecule has 0 spiro atoms. The predicted octanol–water partition coefficient (Wildman–Crippen LogP) is 22.8. The zero-order valence-electron chi connectivity index (χ0n) is 77.0. The van der Waals surface area contributed by atoms with E-state index in [9.17, 15) is 42.3 Å². The van der Waals surface area contributed by atoms with E-state index in [0.29, 0.717) is 75.9 Å². The van der Waals surface area contributed by atoms with Gasteiger partial charge in [0, 0.05) is 105 Å². The molecule has 139 heavy (non-hydrogen) atoms. The number of ether oxygens (including phenoxy) is 3. The Morgan fingerprint density at radius 1 is 0.417 bits per heavy atom. The van der Waals surface area contributed by atoms with Gasteiger partial charge in [-0.05, 0) is 230 Å². The second kappa shape index (κ2) is 72.4. The molecule has 0 bridgehead atoms. The maximum absolute atomic E-state index is 13.2. The molecule has 3 N–H and O–H groups in total. The molecule has 4 aliphatic rings. The van der Waals surface area contributed by atoms with E-state index in [0.717, 1.165) is 140 Å². The number of rotatable bonds is 43. The monoisotopic (exact) mass is 2090 g/mol. The predicted molar refractivity (Wildman–Crippen MR) is 558 cm³/mol. The van der Waals surface area contributed by atoms with Crippen LogP contribution in [-0.2, 0) is 123 Å². The van der Waals surface area contributed by atoms with E-state index in [-0.39, 0.29) is 83.1 Å². The van der Waals surface area contributed by atoms with Gasteiger partial charge in [-0.2, -0.15) is 8.42 Å². The summed E-state index contributed by atoms with van der Waals surface area (Å²) in [5, 5.41) is 45.0. The maximum atomic E-state index is 13.2. The molecule has 0 aliphatic carbocycles.